The minimum Gasteiger partial charge on any atom is -0.354 e. The van der Waals surface area contributed by atoms with Gasteiger partial charge in [0, 0.05) is 25.8 Å². The van der Waals surface area contributed by atoms with Crippen molar-refractivity contribution in [1.29, 1.82) is 0 Å². The molecule has 0 bridgehead atoms. The first kappa shape index (κ1) is 6.85. The largest absolute Gasteiger partial charge is 0.354 e. The van der Waals surface area contributed by atoms with Gasteiger partial charge >= 0.3 is 0 Å². The predicted octanol–water partition coefficient (Wildman–Crippen LogP) is 0.160. The number of likely N-dealkylation sites (N-methyl/N-ethyl adjacent to an activating group) is 1. The Hall–Kier alpha value is -0.830. The van der Waals surface area contributed by atoms with Crippen molar-refractivity contribution in [3.8, 4) is 0 Å². The highest BCUT2D eigenvalue weighted by atomic mass is 15.3. The predicted molar refractivity (Wildman–Crippen MR) is 45.6 cm³/mol. The van der Waals surface area contributed by atoms with Crippen LogP contribution in [-0.4, -0.2) is 48.9 Å². The maximum absolute atomic E-state index is 4.32. The molecular formula is C8H13N3. The summed E-state index contributed by atoms with van der Waals surface area (Å²) < 4.78 is 0. The van der Waals surface area contributed by atoms with Crippen molar-refractivity contribution in [3.63, 3.8) is 0 Å². The van der Waals surface area contributed by atoms with Crippen LogP contribution in [0, 0.1) is 0 Å². The number of hydrogen-bond acceptors (Lipinski definition) is 3. The molecule has 11 heavy (non-hydrogen) atoms. The third-order valence-electron chi connectivity index (χ3n) is 2.18. The van der Waals surface area contributed by atoms with Gasteiger partial charge in [-0.3, -0.25) is 4.90 Å². The van der Waals surface area contributed by atoms with Crippen LogP contribution in [0.2, 0.25) is 0 Å². The van der Waals surface area contributed by atoms with E-state index >= 15 is 0 Å². The SMILES string of the molecule is CN1CCN2CC=CN=C2C1. The van der Waals surface area contributed by atoms with E-state index in [0.717, 1.165) is 26.2 Å². The van der Waals surface area contributed by atoms with Crippen molar-refractivity contribution in [1.82, 2.24) is 9.80 Å². The van der Waals surface area contributed by atoms with Crippen LogP contribution in [0.4, 0.5) is 0 Å². The van der Waals surface area contributed by atoms with E-state index in [9.17, 15) is 0 Å². The molecule has 0 spiro atoms. The van der Waals surface area contributed by atoms with Crippen molar-refractivity contribution in [2.75, 3.05) is 33.2 Å². The quantitative estimate of drug-likeness (QED) is 0.491. The summed E-state index contributed by atoms with van der Waals surface area (Å²) in [5.74, 6) is 1.22. The van der Waals surface area contributed by atoms with Crippen LogP contribution in [-0.2, 0) is 0 Å². The maximum Gasteiger partial charge on any atom is 0.119 e. The van der Waals surface area contributed by atoms with Crippen molar-refractivity contribution in [3.05, 3.63) is 12.3 Å². The Bertz CT molecular complexity index is 207. The molecule has 3 heteroatoms. The molecule has 0 atom stereocenters. The van der Waals surface area contributed by atoms with Gasteiger partial charge in [-0.05, 0) is 13.1 Å². The number of amidine groups is 1. The van der Waals surface area contributed by atoms with Crippen molar-refractivity contribution in [2.45, 2.75) is 0 Å². The third-order valence-corrected chi connectivity index (χ3v) is 2.18. The van der Waals surface area contributed by atoms with Gasteiger partial charge in [0.2, 0.25) is 0 Å². The van der Waals surface area contributed by atoms with E-state index < -0.39 is 0 Å². The van der Waals surface area contributed by atoms with Crippen LogP contribution >= 0.6 is 0 Å². The first-order valence-corrected chi connectivity index (χ1v) is 4.01. The van der Waals surface area contributed by atoms with Crippen LogP contribution in [0.15, 0.2) is 17.3 Å². The summed E-state index contributed by atoms with van der Waals surface area (Å²) >= 11 is 0. The van der Waals surface area contributed by atoms with Gasteiger partial charge in [-0.1, -0.05) is 0 Å². The Morgan fingerprint density at radius 3 is 3.27 bits per heavy atom. The van der Waals surface area contributed by atoms with Crippen molar-refractivity contribution in [2.24, 2.45) is 4.99 Å². The molecule has 2 aliphatic rings. The van der Waals surface area contributed by atoms with Gasteiger partial charge in [-0.15, -0.1) is 0 Å². The Labute approximate surface area is 67.0 Å². The lowest BCUT2D eigenvalue weighted by molar-refractivity contribution is 0.275. The zero-order chi connectivity index (χ0) is 7.68. The molecule has 0 amide bonds. The second-order valence-corrected chi connectivity index (χ2v) is 3.11. The van der Waals surface area contributed by atoms with Crippen LogP contribution < -0.4 is 0 Å². The van der Waals surface area contributed by atoms with E-state index in [-0.39, 0.29) is 0 Å². The molecule has 0 aromatic carbocycles. The molecule has 3 nitrogen and oxygen atoms in total. The summed E-state index contributed by atoms with van der Waals surface area (Å²) in [5, 5.41) is 0. The van der Waals surface area contributed by atoms with Gasteiger partial charge in [-0.2, -0.15) is 0 Å². The molecule has 0 saturated carbocycles. The number of piperazine rings is 1. The van der Waals surface area contributed by atoms with Gasteiger partial charge in [0.05, 0.1) is 6.54 Å². The van der Waals surface area contributed by atoms with Gasteiger partial charge in [0.1, 0.15) is 5.84 Å². The van der Waals surface area contributed by atoms with Gasteiger partial charge in [0.15, 0.2) is 0 Å². The number of aliphatic imine (C=N–C) groups is 1. The van der Waals surface area contributed by atoms with E-state index in [1.54, 1.807) is 0 Å². The first-order chi connectivity index (χ1) is 5.36. The fourth-order valence-corrected chi connectivity index (χ4v) is 1.47. The van der Waals surface area contributed by atoms with E-state index in [0.29, 0.717) is 0 Å². The highest BCUT2D eigenvalue weighted by Gasteiger charge is 2.19. The van der Waals surface area contributed by atoms with E-state index in [1.807, 2.05) is 6.20 Å². The first-order valence-electron chi connectivity index (χ1n) is 4.01. The fraction of sp³-hybridized carbons (Fsp3) is 0.625. The Morgan fingerprint density at radius 2 is 2.36 bits per heavy atom. The molecule has 2 aliphatic heterocycles. The molecule has 0 aliphatic carbocycles. The van der Waals surface area contributed by atoms with Crippen molar-refractivity contribution < 1.29 is 0 Å². The molecular weight excluding hydrogens is 138 g/mol. The average Bonchev–Trinajstić information content (AvgIpc) is 2.04. The Balaban J connectivity index is 2.12. The third kappa shape index (κ3) is 1.28. The van der Waals surface area contributed by atoms with Crippen LogP contribution in [0.5, 0.6) is 0 Å². The molecule has 60 valence electrons. The highest BCUT2D eigenvalue weighted by molar-refractivity contribution is 5.86. The molecule has 0 aromatic heterocycles. The normalized spacial score (nSPS) is 24.8. The topological polar surface area (TPSA) is 18.8 Å². The van der Waals surface area contributed by atoms with Gasteiger partial charge < -0.3 is 4.90 Å². The number of hydrogen-bond donors (Lipinski definition) is 0. The minimum absolute atomic E-state index is 1.00. The lowest BCUT2D eigenvalue weighted by Crippen LogP contribution is -2.49. The molecule has 0 N–H and O–H groups in total. The summed E-state index contributed by atoms with van der Waals surface area (Å²) in [6.45, 7) is 4.34. The average molecular weight is 151 g/mol. The molecule has 0 unspecified atom stereocenters. The molecule has 0 aromatic rings. The van der Waals surface area contributed by atoms with Gasteiger partial charge in [-0.25, -0.2) is 4.99 Å². The summed E-state index contributed by atoms with van der Waals surface area (Å²) in [7, 11) is 2.14. The zero-order valence-electron chi connectivity index (χ0n) is 6.82. The van der Waals surface area contributed by atoms with Crippen molar-refractivity contribution >= 4 is 5.84 Å². The molecule has 2 rings (SSSR count). The molecule has 2 heterocycles. The fourth-order valence-electron chi connectivity index (χ4n) is 1.47. The van der Waals surface area contributed by atoms with Crippen LogP contribution in [0.1, 0.15) is 0 Å². The monoisotopic (exact) mass is 151 g/mol. The maximum atomic E-state index is 4.32. The second kappa shape index (κ2) is 2.66. The summed E-state index contributed by atoms with van der Waals surface area (Å²) in [4.78, 5) is 8.96. The lowest BCUT2D eigenvalue weighted by atomic mass is 10.3. The number of nitrogens with zero attached hydrogens (tertiary/aromatic N) is 3. The van der Waals surface area contributed by atoms with E-state index in [4.69, 9.17) is 0 Å². The van der Waals surface area contributed by atoms with E-state index in [2.05, 4.69) is 27.9 Å². The minimum atomic E-state index is 1.00. The molecule has 1 fully saturated rings. The van der Waals surface area contributed by atoms with Crippen LogP contribution in [0.3, 0.4) is 0 Å². The Morgan fingerprint density at radius 1 is 1.45 bits per heavy atom. The Kier molecular flexibility index (Phi) is 1.66. The number of fused-ring (bicyclic) bond motifs is 1. The lowest BCUT2D eigenvalue weighted by Gasteiger charge is -2.35. The smallest absolute Gasteiger partial charge is 0.119 e. The zero-order valence-corrected chi connectivity index (χ0v) is 6.82. The summed E-state index contributed by atoms with van der Waals surface area (Å²) in [6, 6.07) is 0. The van der Waals surface area contributed by atoms with Crippen LogP contribution in [0.25, 0.3) is 0 Å². The summed E-state index contributed by atoms with van der Waals surface area (Å²) in [5.41, 5.74) is 0. The standard InChI is InChI=1S/C8H13N3/c1-10-5-6-11-4-2-3-9-8(11)7-10/h2-3H,4-7H2,1H3. The molecule has 1 saturated heterocycles. The summed E-state index contributed by atoms with van der Waals surface area (Å²) in [6.07, 6.45) is 4.01. The molecule has 0 radical (unpaired) electrons. The number of rotatable bonds is 0. The van der Waals surface area contributed by atoms with Gasteiger partial charge in [0.25, 0.3) is 0 Å². The van der Waals surface area contributed by atoms with E-state index in [1.165, 1.54) is 5.84 Å². The second-order valence-electron chi connectivity index (χ2n) is 3.11. The highest BCUT2D eigenvalue weighted by Crippen LogP contribution is 2.06.